The maximum absolute atomic E-state index is 12.3. The van der Waals surface area contributed by atoms with Gasteiger partial charge in [-0.2, -0.15) is 11.3 Å². The van der Waals surface area contributed by atoms with Gasteiger partial charge in [-0.05, 0) is 55.4 Å². The second kappa shape index (κ2) is 8.65. The lowest BCUT2D eigenvalue weighted by Gasteiger charge is -2.22. The average molecular weight is 400 g/mol. The molecule has 2 N–H and O–H groups in total. The number of thiazole rings is 1. The molecular formula is C20H21N3O2S2. The Morgan fingerprint density at radius 1 is 1.22 bits per heavy atom. The third-order valence-electron chi connectivity index (χ3n) is 4.62. The maximum Gasteiger partial charge on any atom is 0.411 e. The number of thiophene rings is 1. The molecule has 4 rings (SSSR count). The highest BCUT2D eigenvalue weighted by Gasteiger charge is 2.17. The smallest absolute Gasteiger partial charge is 0.411 e. The van der Waals surface area contributed by atoms with Crippen molar-refractivity contribution in [3.8, 4) is 21.8 Å². The zero-order valence-corrected chi connectivity index (χ0v) is 16.4. The van der Waals surface area contributed by atoms with Gasteiger partial charge in [-0.1, -0.05) is 12.1 Å². The van der Waals surface area contributed by atoms with Crippen LogP contribution in [0.2, 0.25) is 0 Å². The Kier molecular flexibility index (Phi) is 5.81. The first-order chi connectivity index (χ1) is 13.3. The van der Waals surface area contributed by atoms with Gasteiger partial charge in [-0.15, -0.1) is 11.3 Å². The predicted octanol–water partition coefficient (Wildman–Crippen LogP) is 5.09. The number of rotatable bonds is 5. The zero-order valence-electron chi connectivity index (χ0n) is 14.8. The Morgan fingerprint density at radius 2 is 2.07 bits per heavy atom. The summed E-state index contributed by atoms with van der Waals surface area (Å²) in [6.45, 7) is 2.46. The summed E-state index contributed by atoms with van der Waals surface area (Å²) in [4.78, 5) is 17.0. The number of nitrogens with one attached hydrogen (secondary N) is 2. The Labute approximate surface area is 166 Å². The fourth-order valence-electron chi connectivity index (χ4n) is 3.11. The molecule has 0 unspecified atom stereocenters. The minimum Gasteiger partial charge on any atom is -0.449 e. The van der Waals surface area contributed by atoms with E-state index < -0.39 is 6.09 Å². The van der Waals surface area contributed by atoms with Crippen molar-refractivity contribution in [2.75, 3.05) is 25.0 Å². The Hall–Kier alpha value is -2.22. The van der Waals surface area contributed by atoms with E-state index in [1.54, 1.807) is 22.7 Å². The van der Waals surface area contributed by atoms with Gasteiger partial charge >= 0.3 is 6.09 Å². The summed E-state index contributed by atoms with van der Waals surface area (Å²) in [5.41, 5.74) is 3.70. The molecule has 0 saturated carbocycles. The first-order valence-electron chi connectivity index (χ1n) is 9.01. The van der Waals surface area contributed by atoms with Crippen LogP contribution in [0.3, 0.4) is 0 Å². The van der Waals surface area contributed by atoms with Crippen molar-refractivity contribution in [3.63, 3.8) is 0 Å². The van der Waals surface area contributed by atoms with Crippen molar-refractivity contribution in [1.29, 1.82) is 0 Å². The number of para-hydroxylation sites is 1. The zero-order chi connectivity index (χ0) is 18.5. The third-order valence-corrected chi connectivity index (χ3v) is 6.18. The van der Waals surface area contributed by atoms with Crippen LogP contribution in [-0.4, -0.2) is 30.8 Å². The van der Waals surface area contributed by atoms with Crippen LogP contribution in [0, 0.1) is 5.92 Å². The van der Waals surface area contributed by atoms with E-state index in [0.717, 1.165) is 53.4 Å². The van der Waals surface area contributed by atoms with Crippen LogP contribution in [0.1, 0.15) is 12.8 Å². The van der Waals surface area contributed by atoms with E-state index in [2.05, 4.69) is 22.1 Å². The molecule has 3 aromatic rings. The van der Waals surface area contributed by atoms with Gasteiger partial charge in [0.1, 0.15) is 5.01 Å². The van der Waals surface area contributed by atoms with Crippen molar-refractivity contribution in [3.05, 3.63) is 46.5 Å². The molecule has 1 aromatic carbocycles. The number of hydrogen-bond donors (Lipinski definition) is 2. The van der Waals surface area contributed by atoms with Gasteiger partial charge in [0.25, 0.3) is 0 Å². The van der Waals surface area contributed by atoms with Gasteiger partial charge in [0.2, 0.25) is 0 Å². The second-order valence-corrected chi connectivity index (χ2v) is 8.15. The summed E-state index contributed by atoms with van der Waals surface area (Å²) >= 11 is 3.23. The number of carbonyl (C=O) groups is 1. The molecule has 3 heterocycles. The molecule has 0 spiro atoms. The third kappa shape index (κ3) is 4.55. The van der Waals surface area contributed by atoms with Gasteiger partial charge in [-0.3, -0.25) is 5.32 Å². The van der Waals surface area contributed by atoms with Crippen LogP contribution < -0.4 is 10.6 Å². The number of anilines is 1. The van der Waals surface area contributed by atoms with E-state index in [9.17, 15) is 4.79 Å². The van der Waals surface area contributed by atoms with Gasteiger partial charge < -0.3 is 10.1 Å². The Morgan fingerprint density at radius 3 is 2.89 bits per heavy atom. The van der Waals surface area contributed by atoms with Crippen molar-refractivity contribution >= 4 is 34.5 Å². The van der Waals surface area contributed by atoms with E-state index in [0.29, 0.717) is 12.5 Å². The Bertz CT molecular complexity index is 886. The molecule has 7 heteroatoms. The molecule has 1 aliphatic heterocycles. The van der Waals surface area contributed by atoms with Crippen LogP contribution in [0.15, 0.2) is 46.5 Å². The highest BCUT2D eigenvalue weighted by atomic mass is 32.1. The molecule has 0 aliphatic carbocycles. The topological polar surface area (TPSA) is 63.2 Å². The summed E-state index contributed by atoms with van der Waals surface area (Å²) < 4.78 is 5.45. The highest BCUT2D eigenvalue weighted by molar-refractivity contribution is 7.13. The number of amides is 1. The molecule has 2 aromatic heterocycles. The molecule has 1 aliphatic rings. The monoisotopic (exact) mass is 399 g/mol. The summed E-state index contributed by atoms with van der Waals surface area (Å²) in [6, 6.07) is 9.77. The molecule has 1 fully saturated rings. The maximum atomic E-state index is 12.3. The molecule has 140 valence electrons. The summed E-state index contributed by atoms with van der Waals surface area (Å²) in [7, 11) is 0. The van der Waals surface area contributed by atoms with Gasteiger partial charge in [0, 0.05) is 21.9 Å². The number of nitrogens with zero attached hydrogens (tertiary/aromatic N) is 1. The SMILES string of the molecule is O=C(Nc1ccccc1-c1nc(-c2ccsc2)cs1)OCC1CCNCC1. The molecule has 1 saturated heterocycles. The average Bonchev–Trinajstić information content (AvgIpc) is 3.39. The molecule has 27 heavy (non-hydrogen) atoms. The first-order valence-corrected chi connectivity index (χ1v) is 10.8. The summed E-state index contributed by atoms with van der Waals surface area (Å²) in [5.74, 6) is 0.444. The van der Waals surface area contributed by atoms with E-state index >= 15 is 0 Å². The molecule has 1 amide bonds. The van der Waals surface area contributed by atoms with Crippen LogP contribution in [0.4, 0.5) is 10.5 Å². The fourth-order valence-corrected chi connectivity index (χ4v) is 4.62. The molecule has 0 radical (unpaired) electrons. The fraction of sp³-hybridized carbons (Fsp3) is 0.300. The number of aromatic nitrogens is 1. The minimum atomic E-state index is -0.407. The number of carbonyl (C=O) groups excluding carboxylic acids is 1. The van der Waals surface area contributed by atoms with Gasteiger partial charge in [0.05, 0.1) is 18.0 Å². The van der Waals surface area contributed by atoms with Gasteiger partial charge in [0.15, 0.2) is 0 Å². The lowest BCUT2D eigenvalue weighted by atomic mass is 9.99. The molecule has 5 nitrogen and oxygen atoms in total. The second-order valence-electron chi connectivity index (χ2n) is 6.51. The highest BCUT2D eigenvalue weighted by Crippen LogP contribution is 2.34. The predicted molar refractivity (Wildman–Crippen MR) is 111 cm³/mol. The number of ether oxygens (including phenoxy) is 1. The Balaban J connectivity index is 1.44. The van der Waals surface area contributed by atoms with Crippen LogP contribution in [0.25, 0.3) is 21.8 Å². The quantitative estimate of drug-likeness (QED) is 0.627. The first kappa shape index (κ1) is 18.2. The largest absolute Gasteiger partial charge is 0.449 e. The van der Waals surface area contributed by atoms with Crippen molar-refractivity contribution < 1.29 is 9.53 Å². The van der Waals surface area contributed by atoms with Crippen LogP contribution in [0.5, 0.6) is 0 Å². The number of piperidine rings is 1. The number of hydrogen-bond acceptors (Lipinski definition) is 6. The van der Waals surface area contributed by atoms with Crippen LogP contribution >= 0.6 is 22.7 Å². The normalized spacial score (nSPS) is 14.8. The summed E-state index contributed by atoms with van der Waals surface area (Å²) in [6.07, 6.45) is 1.69. The van der Waals surface area contributed by atoms with Crippen molar-refractivity contribution in [1.82, 2.24) is 10.3 Å². The lowest BCUT2D eigenvalue weighted by Crippen LogP contribution is -2.31. The van der Waals surface area contributed by atoms with Crippen molar-refractivity contribution in [2.24, 2.45) is 5.92 Å². The lowest BCUT2D eigenvalue weighted by molar-refractivity contribution is 0.131. The van der Waals surface area contributed by atoms with E-state index in [1.807, 2.05) is 35.0 Å². The van der Waals surface area contributed by atoms with Crippen LogP contribution in [-0.2, 0) is 4.74 Å². The molecular weight excluding hydrogens is 378 g/mol. The molecule has 0 bridgehead atoms. The minimum absolute atomic E-state index is 0.407. The summed E-state index contributed by atoms with van der Waals surface area (Å²) in [5, 5.41) is 13.3. The van der Waals surface area contributed by atoms with E-state index in [4.69, 9.17) is 9.72 Å². The van der Waals surface area contributed by atoms with E-state index in [1.165, 1.54) is 0 Å². The molecule has 0 atom stereocenters. The van der Waals surface area contributed by atoms with Gasteiger partial charge in [-0.25, -0.2) is 9.78 Å². The standard InChI is InChI=1S/C20H21N3O2S2/c24-20(25-11-14-5-8-21-9-6-14)23-17-4-2-1-3-16(17)19-22-18(13-27-19)15-7-10-26-12-15/h1-4,7,10,12-14,21H,5-6,8-9,11H2,(H,23,24). The van der Waals surface area contributed by atoms with Crippen molar-refractivity contribution in [2.45, 2.75) is 12.8 Å². The number of benzene rings is 1. The van der Waals surface area contributed by atoms with E-state index in [-0.39, 0.29) is 0 Å².